The first-order valence-electron chi connectivity index (χ1n) is 9.21. The second-order valence-electron chi connectivity index (χ2n) is 6.48. The molecule has 0 fully saturated rings. The summed E-state index contributed by atoms with van der Waals surface area (Å²) in [5.41, 5.74) is 3.69. The third-order valence-electron chi connectivity index (χ3n) is 4.22. The lowest BCUT2D eigenvalue weighted by Crippen LogP contribution is -2.28. The summed E-state index contributed by atoms with van der Waals surface area (Å²) < 4.78 is 10.9. The van der Waals surface area contributed by atoms with Crippen molar-refractivity contribution in [3.63, 3.8) is 0 Å². The van der Waals surface area contributed by atoms with Gasteiger partial charge in [0.2, 0.25) is 0 Å². The normalized spacial score (nSPS) is 10.4. The largest absolute Gasteiger partial charge is 0.497 e. The summed E-state index contributed by atoms with van der Waals surface area (Å²) in [7, 11) is 1.64. The monoisotopic (exact) mass is 410 g/mol. The van der Waals surface area contributed by atoms with Crippen molar-refractivity contribution in [3.05, 3.63) is 94.5 Å². The maximum absolute atomic E-state index is 12.1. The highest BCUT2D eigenvalue weighted by molar-refractivity contribution is 6.30. The summed E-state index contributed by atoms with van der Waals surface area (Å²) in [6, 6.07) is 22.5. The standard InChI is InChI=1S/C23H23ClN2O3/c1-28-22-10-8-17(9-11-22)15-29-16-19-5-3-7-21(13-19)26-23(27)25-14-18-4-2-6-20(24)12-18/h2-13H,14-16H2,1H3,(H2,25,26,27). The van der Waals surface area contributed by atoms with Gasteiger partial charge < -0.3 is 20.1 Å². The molecule has 3 rings (SSSR count). The average Bonchev–Trinajstić information content (AvgIpc) is 2.73. The highest BCUT2D eigenvalue weighted by atomic mass is 35.5. The number of nitrogens with one attached hydrogen (secondary N) is 2. The number of carbonyl (C=O) groups is 1. The average molecular weight is 411 g/mol. The van der Waals surface area contributed by atoms with Crippen molar-refractivity contribution in [2.24, 2.45) is 0 Å². The molecule has 0 atom stereocenters. The molecular weight excluding hydrogens is 388 g/mol. The van der Waals surface area contributed by atoms with Crippen LogP contribution in [0.1, 0.15) is 16.7 Å². The van der Waals surface area contributed by atoms with Crippen LogP contribution in [0.25, 0.3) is 0 Å². The van der Waals surface area contributed by atoms with E-state index in [-0.39, 0.29) is 6.03 Å². The van der Waals surface area contributed by atoms with Crippen LogP contribution in [0, 0.1) is 0 Å². The molecule has 0 aliphatic rings. The molecule has 2 N–H and O–H groups in total. The second kappa shape index (κ2) is 10.5. The molecule has 0 radical (unpaired) electrons. The van der Waals surface area contributed by atoms with Crippen LogP contribution >= 0.6 is 11.6 Å². The molecule has 0 aliphatic heterocycles. The minimum Gasteiger partial charge on any atom is -0.497 e. The Hall–Kier alpha value is -3.02. The first-order chi connectivity index (χ1) is 14.1. The number of amides is 2. The first-order valence-corrected chi connectivity index (χ1v) is 9.59. The van der Waals surface area contributed by atoms with Crippen LogP contribution in [-0.2, 0) is 24.5 Å². The topological polar surface area (TPSA) is 59.6 Å². The fourth-order valence-corrected chi connectivity index (χ4v) is 2.96. The van der Waals surface area contributed by atoms with Crippen molar-refractivity contribution in [1.29, 1.82) is 0 Å². The van der Waals surface area contributed by atoms with Gasteiger partial charge in [-0.3, -0.25) is 0 Å². The van der Waals surface area contributed by atoms with Crippen molar-refractivity contribution in [2.45, 2.75) is 19.8 Å². The fraction of sp³-hybridized carbons (Fsp3) is 0.174. The predicted octanol–water partition coefficient (Wildman–Crippen LogP) is 5.39. The summed E-state index contributed by atoms with van der Waals surface area (Å²) in [6.45, 7) is 1.35. The van der Waals surface area contributed by atoms with Gasteiger partial charge in [0.25, 0.3) is 0 Å². The van der Waals surface area contributed by atoms with Gasteiger partial charge in [0.15, 0.2) is 0 Å². The molecule has 0 aliphatic carbocycles. The zero-order valence-corrected chi connectivity index (χ0v) is 16.9. The zero-order chi connectivity index (χ0) is 20.5. The number of rotatable bonds is 8. The molecular formula is C23H23ClN2O3. The molecule has 29 heavy (non-hydrogen) atoms. The molecule has 3 aromatic rings. The molecule has 0 saturated carbocycles. The molecule has 6 heteroatoms. The summed E-state index contributed by atoms with van der Waals surface area (Å²) in [4.78, 5) is 12.1. The Balaban J connectivity index is 1.46. The highest BCUT2D eigenvalue weighted by Gasteiger charge is 2.04. The number of carbonyl (C=O) groups excluding carboxylic acids is 1. The number of ether oxygens (including phenoxy) is 2. The van der Waals surface area contributed by atoms with E-state index in [0.29, 0.717) is 30.5 Å². The SMILES string of the molecule is COc1ccc(COCc2cccc(NC(=O)NCc3cccc(Cl)c3)c2)cc1. The van der Waals surface area contributed by atoms with Gasteiger partial charge in [0.05, 0.1) is 20.3 Å². The van der Waals surface area contributed by atoms with E-state index < -0.39 is 0 Å². The van der Waals surface area contributed by atoms with Gasteiger partial charge in [-0.05, 0) is 53.1 Å². The number of methoxy groups -OCH3 is 1. The molecule has 3 aromatic carbocycles. The van der Waals surface area contributed by atoms with Crippen molar-refractivity contribution in [2.75, 3.05) is 12.4 Å². The molecule has 0 spiro atoms. The van der Waals surface area contributed by atoms with E-state index >= 15 is 0 Å². The number of halogens is 1. The van der Waals surface area contributed by atoms with Crippen LogP contribution in [0.3, 0.4) is 0 Å². The Morgan fingerprint density at radius 3 is 2.38 bits per heavy atom. The highest BCUT2D eigenvalue weighted by Crippen LogP contribution is 2.15. The molecule has 0 aromatic heterocycles. The predicted molar refractivity (Wildman–Crippen MR) is 115 cm³/mol. The lowest BCUT2D eigenvalue weighted by atomic mass is 10.2. The van der Waals surface area contributed by atoms with Crippen LogP contribution in [-0.4, -0.2) is 13.1 Å². The van der Waals surface area contributed by atoms with E-state index in [1.165, 1.54) is 0 Å². The zero-order valence-electron chi connectivity index (χ0n) is 16.2. The van der Waals surface area contributed by atoms with Crippen molar-refractivity contribution in [1.82, 2.24) is 5.32 Å². The Bertz CT molecular complexity index is 945. The third-order valence-corrected chi connectivity index (χ3v) is 4.46. The smallest absolute Gasteiger partial charge is 0.319 e. The first kappa shape index (κ1) is 20.7. The lowest BCUT2D eigenvalue weighted by molar-refractivity contribution is 0.107. The Morgan fingerprint density at radius 2 is 1.62 bits per heavy atom. The van der Waals surface area contributed by atoms with Gasteiger partial charge in [-0.1, -0.05) is 48.0 Å². The molecule has 0 bridgehead atoms. The minimum absolute atomic E-state index is 0.277. The fourth-order valence-electron chi connectivity index (χ4n) is 2.75. The number of benzene rings is 3. The van der Waals surface area contributed by atoms with E-state index in [0.717, 1.165) is 22.4 Å². The molecule has 0 unspecified atom stereocenters. The molecule has 150 valence electrons. The Kier molecular flexibility index (Phi) is 7.50. The summed E-state index contributed by atoms with van der Waals surface area (Å²) in [6.07, 6.45) is 0. The molecule has 5 nitrogen and oxygen atoms in total. The van der Waals surface area contributed by atoms with Crippen molar-refractivity contribution >= 4 is 23.3 Å². The van der Waals surface area contributed by atoms with Gasteiger partial charge in [-0.25, -0.2) is 4.79 Å². The van der Waals surface area contributed by atoms with Crippen LogP contribution in [0.2, 0.25) is 5.02 Å². The summed E-state index contributed by atoms with van der Waals surface area (Å²) in [5, 5.41) is 6.30. The van der Waals surface area contributed by atoms with Crippen molar-refractivity contribution in [3.8, 4) is 5.75 Å². The van der Waals surface area contributed by atoms with Gasteiger partial charge in [-0.15, -0.1) is 0 Å². The Morgan fingerprint density at radius 1 is 0.897 bits per heavy atom. The van der Waals surface area contributed by atoms with E-state index in [2.05, 4.69) is 10.6 Å². The van der Waals surface area contributed by atoms with E-state index in [1.54, 1.807) is 13.2 Å². The maximum atomic E-state index is 12.1. The van der Waals surface area contributed by atoms with Crippen molar-refractivity contribution < 1.29 is 14.3 Å². The quantitative estimate of drug-likeness (QED) is 0.523. The molecule has 2 amide bonds. The number of urea groups is 1. The van der Waals surface area contributed by atoms with Gasteiger partial charge in [-0.2, -0.15) is 0 Å². The lowest BCUT2D eigenvalue weighted by Gasteiger charge is -2.10. The Labute approximate surface area is 175 Å². The van der Waals surface area contributed by atoms with Crippen LogP contribution < -0.4 is 15.4 Å². The number of hydrogen-bond acceptors (Lipinski definition) is 3. The number of hydrogen-bond donors (Lipinski definition) is 2. The third kappa shape index (κ3) is 6.82. The maximum Gasteiger partial charge on any atom is 0.319 e. The molecule has 0 heterocycles. The van der Waals surface area contributed by atoms with E-state index in [4.69, 9.17) is 21.1 Å². The molecule has 0 saturated heterocycles. The van der Waals surface area contributed by atoms with Crippen LogP contribution in [0.4, 0.5) is 10.5 Å². The summed E-state index contributed by atoms with van der Waals surface area (Å²) in [5.74, 6) is 0.821. The van der Waals surface area contributed by atoms with Gasteiger partial charge >= 0.3 is 6.03 Å². The summed E-state index contributed by atoms with van der Waals surface area (Å²) >= 11 is 5.96. The van der Waals surface area contributed by atoms with Gasteiger partial charge in [0, 0.05) is 17.3 Å². The second-order valence-corrected chi connectivity index (χ2v) is 6.92. The van der Waals surface area contributed by atoms with Gasteiger partial charge in [0.1, 0.15) is 5.75 Å². The van der Waals surface area contributed by atoms with Crippen LogP contribution in [0.15, 0.2) is 72.8 Å². The number of anilines is 1. The van der Waals surface area contributed by atoms with E-state index in [1.807, 2.05) is 66.7 Å². The van der Waals surface area contributed by atoms with Crippen LogP contribution in [0.5, 0.6) is 5.75 Å². The minimum atomic E-state index is -0.277. The van der Waals surface area contributed by atoms with E-state index in [9.17, 15) is 4.79 Å².